The lowest BCUT2D eigenvalue weighted by Gasteiger charge is -2.12. The van der Waals surface area contributed by atoms with E-state index in [1.807, 2.05) is 37.4 Å². The monoisotopic (exact) mass is 234 g/mol. The van der Waals surface area contributed by atoms with Crippen molar-refractivity contribution in [3.05, 3.63) is 29.8 Å². The van der Waals surface area contributed by atoms with E-state index in [0.29, 0.717) is 5.69 Å². The molecule has 1 aromatic heterocycles. The Labute approximate surface area is 98.9 Å². The van der Waals surface area contributed by atoms with E-state index in [9.17, 15) is 0 Å². The summed E-state index contributed by atoms with van der Waals surface area (Å²) in [7, 11) is 0. The van der Waals surface area contributed by atoms with Gasteiger partial charge in [-0.05, 0) is 32.0 Å². The highest BCUT2D eigenvalue weighted by molar-refractivity contribution is 7.13. The van der Waals surface area contributed by atoms with Crippen molar-refractivity contribution >= 4 is 17.0 Å². The van der Waals surface area contributed by atoms with Crippen molar-refractivity contribution in [1.29, 1.82) is 0 Å². The van der Waals surface area contributed by atoms with Crippen molar-refractivity contribution in [1.82, 2.24) is 4.98 Å². The second-order valence-corrected chi connectivity index (χ2v) is 4.65. The Kier molecular flexibility index (Phi) is 3.10. The summed E-state index contributed by atoms with van der Waals surface area (Å²) in [5, 5.41) is 2.92. The molecule has 0 radical (unpaired) electrons. The Morgan fingerprint density at radius 2 is 2.19 bits per heavy atom. The number of rotatable bonds is 3. The molecular weight excluding hydrogens is 220 g/mol. The van der Waals surface area contributed by atoms with Crippen LogP contribution < -0.4 is 10.5 Å². The predicted octanol–water partition coefficient (Wildman–Crippen LogP) is 3.18. The highest BCUT2D eigenvalue weighted by Crippen LogP contribution is 2.29. The third kappa shape index (κ3) is 2.33. The molecule has 84 valence electrons. The molecular formula is C12H14N2OS. The van der Waals surface area contributed by atoms with Gasteiger partial charge in [-0.15, -0.1) is 11.3 Å². The molecule has 16 heavy (non-hydrogen) atoms. The number of nitrogen functional groups attached to an aromatic ring is 1. The summed E-state index contributed by atoms with van der Waals surface area (Å²) < 4.78 is 5.58. The van der Waals surface area contributed by atoms with Gasteiger partial charge in [0.1, 0.15) is 10.8 Å². The summed E-state index contributed by atoms with van der Waals surface area (Å²) in [6.45, 7) is 3.96. The number of anilines is 1. The third-order valence-electron chi connectivity index (χ3n) is 2.05. The van der Waals surface area contributed by atoms with Gasteiger partial charge in [-0.3, -0.25) is 0 Å². The Bertz CT molecular complexity index is 466. The van der Waals surface area contributed by atoms with Crippen LogP contribution in [0.15, 0.2) is 29.8 Å². The van der Waals surface area contributed by atoms with Gasteiger partial charge in [0.2, 0.25) is 0 Å². The number of ether oxygens (including phenoxy) is 1. The molecule has 0 saturated carbocycles. The number of nitrogens with zero attached hydrogens (tertiary/aromatic N) is 1. The summed E-state index contributed by atoms with van der Waals surface area (Å²) >= 11 is 1.60. The van der Waals surface area contributed by atoms with Gasteiger partial charge in [-0.25, -0.2) is 4.98 Å². The normalized spacial score (nSPS) is 10.7. The van der Waals surface area contributed by atoms with E-state index in [2.05, 4.69) is 4.98 Å². The molecule has 0 unspecified atom stereocenters. The van der Waals surface area contributed by atoms with E-state index < -0.39 is 0 Å². The van der Waals surface area contributed by atoms with Gasteiger partial charge >= 0.3 is 0 Å². The fourth-order valence-corrected chi connectivity index (χ4v) is 2.04. The molecule has 0 aliphatic carbocycles. The quantitative estimate of drug-likeness (QED) is 0.830. The van der Waals surface area contributed by atoms with Gasteiger partial charge in [0.15, 0.2) is 0 Å². The molecule has 0 amide bonds. The summed E-state index contributed by atoms with van der Waals surface area (Å²) in [5.74, 6) is 0.732. The molecule has 2 aromatic rings. The standard InChI is InChI=1S/C12H14N2OS/c1-8(2)15-11-4-3-9(7-10(11)13)12-14-5-6-16-12/h3-8H,13H2,1-2H3. The van der Waals surface area contributed by atoms with Crippen molar-refractivity contribution in [2.24, 2.45) is 0 Å². The van der Waals surface area contributed by atoms with Crippen LogP contribution in [0, 0.1) is 0 Å². The van der Waals surface area contributed by atoms with Crippen LogP contribution >= 0.6 is 11.3 Å². The number of nitrogens with two attached hydrogens (primary N) is 1. The first-order valence-corrected chi connectivity index (χ1v) is 6.01. The van der Waals surface area contributed by atoms with Crippen LogP contribution in [0.25, 0.3) is 10.6 Å². The fraction of sp³-hybridized carbons (Fsp3) is 0.250. The lowest BCUT2D eigenvalue weighted by atomic mass is 10.2. The summed E-state index contributed by atoms with van der Waals surface area (Å²) in [4.78, 5) is 4.24. The van der Waals surface area contributed by atoms with Crippen molar-refractivity contribution in [2.45, 2.75) is 20.0 Å². The molecule has 1 heterocycles. The molecule has 1 aromatic carbocycles. The Morgan fingerprint density at radius 1 is 1.38 bits per heavy atom. The van der Waals surface area contributed by atoms with Crippen molar-refractivity contribution in [2.75, 3.05) is 5.73 Å². The van der Waals surface area contributed by atoms with Gasteiger partial charge in [0.05, 0.1) is 11.8 Å². The topological polar surface area (TPSA) is 48.1 Å². The molecule has 0 aliphatic rings. The second kappa shape index (κ2) is 4.53. The predicted molar refractivity (Wildman–Crippen MR) is 67.7 cm³/mol. The van der Waals surface area contributed by atoms with Crippen LogP contribution in [0.4, 0.5) is 5.69 Å². The molecule has 3 nitrogen and oxygen atoms in total. The number of thiazole rings is 1. The first kappa shape index (κ1) is 11.0. The van der Waals surface area contributed by atoms with E-state index in [-0.39, 0.29) is 6.10 Å². The minimum absolute atomic E-state index is 0.132. The minimum atomic E-state index is 0.132. The van der Waals surface area contributed by atoms with Crippen molar-refractivity contribution in [3.8, 4) is 16.3 Å². The zero-order chi connectivity index (χ0) is 11.5. The average Bonchev–Trinajstić information content (AvgIpc) is 2.73. The largest absolute Gasteiger partial charge is 0.489 e. The molecule has 0 atom stereocenters. The van der Waals surface area contributed by atoms with Crippen LogP contribution in [0.1, 0.15) is 13.8 Å². The maximum atomic E-state index is 5.93. The maximum Gasteiger partial charge on any atom is 0.142 e. The number of hydrogen-bond acceptors (Lipinski definition) is 4. The summed E-state index contributed by atoms with van der Waals surface area (Å²) in [6.07, 6.45) is 1.92. The fourth-order valence-electron chi connectivity index (χ4n) is 1.41. The molecule has 0 saturated heterocycles. The van der Waals surface area contributed by atoms with Crippen LogP contribution in [0.3, 0.4) is 0 Å². The lowest BCUT2D eigenvalue weighted by Crippen LogP contribution is -2.07. The summed E-state index contributed by atoms with van der Waals surface area (Å²) in [6, 6.07) is 5.77. The first-order valence-electron chi connectivity index (χ1n) is 5.13. The molecule has 4 heteroatoms. The van der Waals surface area contributed by atoms with Crippen LogP contribution in [0.2, 0.25) is 0 Å². The minimum Gasteiger partial charge on any atom is -0.489 e. The molecule has 0 fully saturated rings. The number of hydrogen-bond donors (Lipinski definition) is 1. The van der Waals surface area contributed by atoms with E-state index in [1.165, 1.54) is 0 Å². The Morgan fingerprint density at radius 3 is 2.75 bits per heavy atom. The molecule has 0 bridgehead atoms. The highest BCUT2D eigenvalue weighted by atomic mass is 32.1. The van der Waals surface area contributed by atoms with Gasteiger partial charge in [0.25, 0.3) is 0 Å². The molecule has 2 rings (SSSR count). The van der Waals surface area contributed by atoms with E-state index in [1.54, 1.807) is 17.5 Å². The Balaban J connectivity index is 2.29. The van der Waals surface area contributed by atoms with E-state index in [0.717, 1.165) is 16.3 Å². The second-order valence-electron chi connectivity index (χ2n) is 3.76. The van der Waals surface area contributed by atoms with Crippen LogP contribution in [-0.2, 0) is 0 Å². The van der Waals surface area contributed by atoms with Crippen molar-refractivity contribution < 1.29 is 4.74 Å². The third-order valence-corrected chi connectivity index (χ3v) is 2.87. The maximum absolute atomic E-state index is 5.93. The number of benzene rings is 1. The average molecular weight is 234 g/mol. The zero-order valence-corrected chi connectivity index (χ0v) is 10.1. The van der Waals surface area contributed by atoms with E-state index >= 15 is 0 Å². The molecule has 0 aliphatic heterocycles. The van der Waals surface area contributed by atoms with Crippen LogP contribution in [-0.4, -0.2) is 11.1 Å². The Hall–Kier alpha value is -1.55. The lowest BCUT2D eigenvalue weighted by molar-refractivity contribution is 0.244. The molecule has 2 N–H and O–H groups in total. The van der Waals surface area contributed by atoms with Gasteiger partial charge in [-0.2, -0.15) is 0 Å². The van der Waals surface area contributed by atoms with Gasteiger partial charge < -0.3 is 10.5 Å². The van der Waals surface area contributed by atoms with Gasteiger partial charge in [-0.1, -0.05) is 0 Å². The van der Waals surface area contributed by atoms with Gasteiger partial charge in [0, 0.05) is 17.1 Å². The zero-order valence-electron chi connectivity index (χ0n) is 9.31. The SMILES string of the molecule is CC(C)Oc1ccc(-c2nccs2)cc1N. The van der Waals surface area contributed by atoms with E-state index in [4.69, 9.17) is 10.5 Å². The summed E-state index contributed by atoms with van der Waals surface area (Å²) in [5.41, 5.74) is 7.61. The molecule has 0 spiro atoms. The smallest absolute Gasteiger partial charge is 0.142 e. The van der Waals surface area contributed by atoms with Crippen molar-refractivity contribution in [3.63, 3.8) is 0 Å². The van der Waals surface area contributed by atoms with Crippen LogP contribution in [0.5, 0.6) is 5.75 Å². The first-order chi connectivity index (χ1) is 7.66. The highest BCUT2D eigenvalue weighted by Gasteiger charge is 2.06. The number of aromatic nitrogens is 1.